The van der Waals surface area contributed by atoms with E-state index in [-0.39, 0.29) is 10.8 Å². The Morgan fingerprint density at radius 2 is 0.517 bits per heavy atom. The number of hydrogen-bond acceptors (Lipinski definition) is 2. The van der Waals surface area contributed by atoms with Crippen molar-refractivity contribution in [2.45, 2.75) is 52.4 Å². The first-order valence-electron chi connectivity index (χ1n) is 21.1. The van der Waals surface area contributed by atoms with E-state index in [1.807, 2.05) is 0 Å². The fourth-order valence-electron chi connectivity index (χ4n) is 9.01. The van der Waals surface area contributed by atoms with Crippen LogP contribution < -0.4 is 9.80 Å². The second kappa shape index (κ2) is 15.7. The highest BCUT2D eigenvalue weighted by molar-refractivity contribution is 6.10. The van der Waals surface area contributed by atoms with Crippen LogP contribution in [0.15, 0.2) is 206 Å². The third-order valence-electron chi connectivity index (χ3n) is 11.6. The van der Waals surface area contributed by atoms with Crippen LogP contribution in [0.1, 0.15) is 52.7 Å². The fourth-order valence-corrected chi connectivity index (χ4v) is 9.01. The van der Waals surface area contributed by atoms with Crippen molar-refractivity contribution < 1.29 is 0 Å². The number of benzene rings is 9. The van der Waals surface area contributed by atoms with E-state index in [4.69, 9.17) is 0 Å². The van der Waals surface area contributed by atoms with Gasteiger partial charge in [0.05, 0.1) is 0 Å². The Morgan fingerprint density at radius 1 is 0.250 bits per heavy atom. The molecule has 60 heavy (non-hydrogen) atoms. The summed E-state index contributed by atoms with van der Waals surface area (Å²) in [7, 11) is 0. The van der Waals surface area contributed by atoms with Crippen LogP contribution in [-0.4, -0.2) is 0 Å². The van der Waals surface area contributed by atoms with Crippen molar-refractivity contribution in [3.05, 3.63) is 217 Å². The van der Waals surface area contributed by atoms with Gasteiger partial charge in [0, 0.05) is 34.1 Å². The minimum absolute atomic E-state index is 0.144. The molecule has 2 nitrogen and oxygen atoms in total. The maximum absolute atomic E-state index is 2.45. The van der Waals surface area contributed by atoms with Crippen LogP contribution in [0.2, 0.25) is 0 Å². The van der Waals surface area contributed by atoms with Crippen LogP contribution in [0.5, 0.6) is 0 Å². The summed E-state index contributed by atoms with van der Waals surface area (Å²) in [5, 5.41) is 5.19. The van der Waals surface area contributed by atoms with Gasteiger partial charge in [-0.3, -0.25) is 0 Å². The van der Waals surface area contributed by atoms with Gasteiger partial charge >= 0.3 is 0 Å². The minimum Gasteiger partial charge on any atom is -0.310 e. The second-order valence-electron chi connectivity index (χ2n) is 17.9. The highest BCUT2D eigenvalue weighted by Gasteiger charge is 2.29. The fraction of sp³-hybridized carbons (Fsp3) is 0.138. The third-order valence-corrected chi connectivity index (χ3v) is 11.6. The molecule has 0 fully saturated rings. The molecular weight excluding hydrogens is 725 g/mol. The van der Waals surface area contributed by atoms with E-state index in [2.05, 4.69) is 258 Å². The topological polar surface area (TPSA) is 6.48 Å². The first-order chi connectivity index (χ1) is 29.0. The lowest BCUT2D eigenvalue weighted by Crippen LogP contribution is -2.18. The summed E-state index contributed by atoms with van der Waals surface area (Å²) >= 11 is 0. The highest BCUT2D eigenvalue weighted by Crippen LogP contribution is 2.48. The van der Waals surface area contributed by atoms with Gasteiger partial charge in [-0.05, 0) is 139 Å². The number of fused-ring (bicyclic) bond motifs is 2. The van der Waals surface area contributed by atoms with E-state index in [1.54, 1.807) is 0 Å². The molecule has 0 bridgehead atoms. The van der Waals surface area contributed by atoms with Crippen molar-refractivity contribution in [2.75, 3.05) is 9.80 Å². The van der Waals surface area contributed by atoms with Gasteiger partial charge in [0.1, 0.15) is 0 Å². The molecule has 0 aliphatic carbocycles. The van der Waals surface area contributed by atoms with E-state index in [9.17, 15) is 0 Å². The molecule has 0 N–H and O–H groups in total. The standard InChI is InChI=1S/C58H52N2/c1-57(2,3)55-51-37-35-50(60(46-25-17-10-18-26-46)48-33-29-44(30-34-48)42-21-13-8-14-22-42)40-54(51)56(58(4,5)6)52-38-36-49(39-53(52)55)59(45-23-15-9-16-24-45)47-31-27-43(28-32-47)41-19-11-7-12-20-41/h7-40H,1-6H3. The molecule has 294 valence electrons. The molecule has 2 heteroatoms. The largest absolute Gasteiger partial charge is 0.310 e. The van der Waals surface area contributed by atoms with Crippen LogP contribution in [-0.2, 0) is 10.8 Å². The Labute approximate surface area is 356 Å². The molecule has 9 aromatic carbocycles. The lowest BCUT2D eigenvalue weighted by atomic mass is 9.74. The van der Waals surface area contributed by atoms with Crippen molar-refractivity contribution >= 4 is 55.7 Å². The first-order valence-corrected chi connectivity index (χ1v) is 21.1. The summed E-state index contributed by atoms with van der Waals surface area (Å²) in [6.07, 6.45) is 0. The monoisotopic (exact) mass is 776 g/mol. The van der Waals surface area contributed by atoms with Crippen molar-refractivity contribution in [1.29, 1.82) is 0 Å². The zero-order valence-corrected chi connectivity index (χ0v) is 35.5. The van der Waals surface area contributed by atoms with E-state index in [0.717, 1.165) is 34.1 Å². The lowest BCUT2D eigenvalue weighted by molar-refractivity contribution is 0.593. The molecule has 9 aromatic rings. The Kier molecular flexibility index (Phi) is 10.1. The Bertz CT molecular complexity index is 2680. The highest BCUT2D eigenvalue weighted by atomic mass is 15.1. The zero-order valence-electron chi connectivity index (χ0n) is 35.5. The molecule has 0 saturated carbocycles. The smallest absolute Gasteiger partial charge is 0.0468 e. The minimum atomic E-state index is -0.144. The van der Waals surface area contributed by atoms with Crippen LogP contribution in [0.3, 0.4) is 0 Å². The van der Waals surface area contributed by atoms with Crippen LogP contribution in [0, 0.1) is 0 Å². The summed E-state index contributed by atoms with van der Waals surface area (Å²) in [6, 6.07) is 75.0. The molecule has 0 aliphatic heterocycles. The van der Waals surface area contributed by atoms with E-state index in [0.29, 0.717) is 0 Å². The SMILES string of the molecule is CC(C)(C)c1c2ccc(N(c3ccccc3)c3ccc(-c4ccccc4)cc3)cc2c(C(C)(C)C)c2ccc(N(c3ccccc3)c3ccc(-c4ccccc4)cc3)cc12. The molecule has 0 heterocycles. The average Bonchev–Trinajstić information content (AvgIpc) is 3.26. The first kappa shape index (κ1) is 38.6. The van der Waals surface area contributed by atoms with Gasteiger partial charge in [0.25, 0.3) is 0 Å². The molecule has 0 spiro atoms. The number of para-hydroxylation sites is 2. The molecule has 0 radical (unpaired) electrons. The van der Waals surface area contributed by atoms with Gasteiger partial charge in [-0.25, -0.2) is 0 Å². The summed E-state index contributed by atoms with van der Waals surface area (Å²) in [5.41, 5.74) is 14.0. The van der Waals surface area contributed by atoms with Crippen LogP contribution in [0.4, 0.5) is 34.1 Å². The Hall–Kier alpha value is -6.90. The third kappa shape index (κ3) is 7.46. The van der Waals surface area contributed by atoms with Gasteiger partial charge in [-0.1, -0.05) is 175 Å². The molecule has 0 atom stereocenters. The van der Waals surface area contributed by atoms with E-state index >= 15 is 0 Å². The van der Waals surface area contributed by atoms with Gasteiger partial charge in [0.2, 0.25) is 0 Å². The molecule has 0 unspecified atom stereocenters. The predicted octanol–water partition coefficient (Wildman–Crippen LogP) is 16.9. The Balaban J connectivity index is 1.24. The number of rotatable bonds is 8. The quantitative estimate of drug-likeness (QED) is 0.142. The molecular formula is C58H52N2. The summed E-state index contributed by atoms with van der Waals surface area (Å²) in [5.74, 6) is 0. The maximum Gasteiger partial charge on any atom is 0.0468 e. The van der Waals surface area contributed by atoms with Gasteiger partial charge in [0.15, 0.2) is 0 Å². The second-order valence-corrected chi connectivity index (χ2v) is 17.9. The van der Waals surface area contributed by atoms with Gasteiger partial charge in [-0.15, -0.1) is 0 Å². The number of anilines is 6. The number of hydrogen-bond donors (Lipinski definition) is 0. The van der Waals surface area contributed by atoms with Crippen LogP contribution in [0.25, 0.3) is 43.8 Å². The summed E-state index contributed by atoms with van der Waals surface area (Å²) in [4.78, 5) is 4.79. The Morgan fingerprint density at radius 3 is 0.833 bits per heavy atom. The van der Waals surface area contributed by atoms with E-state index < -0.39 is 0 Å². The van der Waals surface area contributed by atoms with Crippen LogP contribution >= 0.6 is 0 Å². The molecule has 9 rings (SSSR count). The summed E-state index contributed by atoms with van der Waals surface area (Å²) < 4.78 is 0. The lowest BCUT2D eigenvalue weighted by Gasteiger charge is -2.33. The van der Waals surface area contributed by atoms with Crippen molar-refractivity contribution in [2.24, 2.45) is 0 Å². The predicted molar refractivity (Wildman–Crippen MR) is 259 cm³/mol. The zero-order chi connectivity index (χ0) is 41.4. The van der Waals surface area contributed by atoms with Gasteiger partial charge in [-0.2, -0.15) is 0 Å². The normalized spacial score (nSPS) is 11.8. The molecule has 0 aliphatic rings. The van der Waals surface area contributed by atoms with E-state index in [1.165, 1.54) is 54.9 Å². The number of nitrogens with zero attached hydrogens (tertiary/aromatic N) is 2. The van der Waals surface area contributed by atoms with Crippen molar-refractivity contribution in [1.82, 2.24) is 0 Å². The van der Waals surface area contributed by atoms with Gasteiger partial charge < -0.3 is 9.80 Å². The average molecular weight is 777 g/mol. The summed E-state index contributed by atoms with van der Waals surface area (Å²) in [6.45, 7) is 14.2. The molecule has 0 saturated heterocycles. The molecule has 0 amide bonds. The van der Waals surface area contributed by atoms with Crippen molar-refractivity contribution in [3.8, 4) is 22.3 Å². The van der Waals surface area contributed by atoms with Crippen molar-refractivity contribution in [3.63, 3.8) is 0 Å². The molecule has 0 aromatic heterocycles. The maximum atomic E-state index is 2.45.